The summed E-state index contributed by atoms with van der Waals surface area (Å²) in [6.45, 7) is 0. The van der Waals surface area contributed by atoms with Gasteiger partial charge in [-0.3, -0.25) is 4.79 Å². The summed E-state index contributed by atoms with van der Waals surface area (Å²) in [6.07, 6.45) is 3.73. The van der Waals surface area contributed by atoms with Crippen LogP contribution in [0.3, 0.4) is 0 Å². The smallest absolute Gasteiger partial charge is 0.136 e. The molecule has 0 spiro atoms. The molecule has 1 fully saturated rings. The van der Waals surface area contributed by atoms with Crippen molar-refractivity contribution in [3.63, 3.8) is 0 Å². The predicted octanol–water partition coefficient (Wildman–Crippen LogP) is 3.37. The summed E-state index contributed by atoms with van der Waals surface area (Å²) >= 11 is 3.46. The zero-order chi connectivity index (χ0) is 11.5. The fraction of sp³-hybridized carbons (Fsp3) is 0.462. The van der Waals surface area contributed by atoms with Gasteiger partial charge >= 0.3 is 0 Å². The highest BCUT2D eigenvalue weighted by atomic mass is 79.9. The molecule has 16 heavy (non-hydrogen) atoms. The summed E-state index contributed by atoms with van der Waals surface area (Å²) in [6, 6.07) is 6.03. The van der Waals surface area contributed by atoms with Crippen LogP contribution in [0.4, 0.5) is 0 Å². The van der Waals surface area contributed by atoms with Gasteiger partial charge in [-0.05, 0) is 52.9 Å². The second-order valence-corrected chi connectivity index (χ2v) is 5.08. The lowest BCUT2D eigenvalue weighted by molar-refractivity contribution is -0.120. The van der Waals surface area contributed by atoms with Crippen molar-refractivity contribution in [2.75, 3.05) is 7.11 Å². The largest absolute Gasteiger partial charge is 0.496 e. The molecule has 0 radical (unpaired) electrons. The SMILES string of the molecule is COc1ccc(CC2CCCC2=O)cc1Br. The van der Waals surface area contributed by atoms with Crippen LogP contribution < -0.4 is 4.74 Å². The fourth-order valence-electron chi connectivity index (χ4n) is 2.23. The highest BCUT2D eigenvalue weighted by Crippen LogP contribution is 2.29. The molecule has 3 heteroatoms. The van der Waals surface area contributed by atoms with Gasteiger partial charge in [0.2, 0.25) is 0 Å². The summed E-state index contributed by atoms with van der Waals surface area (Å²) in [5, 5.41) is 0. The maximum absolute atomic E-state index is 11.6. The van der Waals surface area contributed by atoms with Crippen LogP contribution >= 0.6 is 15.9 Å². The summed E-state index contributed by atoms with van der Waals surface area (Å²) in [5.41, 5.74) is 1.20. The normalized spacial score (nSPS) is 20.1. The van der Waals surface area contributed by atoms with Gasteiger partial charge in [-0.2, -0.15) is 0 Å². The van der Waals surface area contributed by atoms with Crippen LogP contribution in [0.25, 0.3) is 0 Å². The summed E-state index contributed by atoms with van der Waals surface area (Å²) < 4.78 is 6.13. The molecule has 1 aliphatic rings. The molecular formula is C13H15BrO2. The molecule has 0 amide bonds. The van der Waals surface area contributed by atoms with E-state index in [2.05, 4.69) is 15.9 Å². The molecule has 0 aromatic heterocycles. The predicted molar refractivity (Wildman–Crippen MR) is 66.7 cm³/mol. The first-order chi connectivity index (χ1) is 7.70. The maximum atomic E-state index is 11.6. The lowest BCUT2D eigenvalue weighted by Gasteiger charge is -2.09. The van der Waals surface area contributed by atoms with E-state index >= 15 is 0 Å². The van der Waals surface area contributed by atoms with Gasteiger partial charge < -0.3 is 4.74 Å². The molecule has 0 aliphatic heterocycles. The topological polar surface area (TPSA) is 26.3 Å². The monoisotopic (exact) mass is 282 g/mol. The number of carbonyl (C=O) groups excluding carboxylic acids is 1. The van der Waals surface area contributed by atoms with Crippen LogP contribution in [0, 0.1) is 5.92 Å². The Morgan fingerprint density at radius 2 is 2.31 bits per heavy atom. The Hall–Kier alpha value is -0.830. The highest BCUT2D eigenvalue weighted by Gasteiger charge is 2.24. The van der Waals surface area contributed by atoms with Gasteiger partial charge in [-0.15, -0.1) is 0 Å². The second kappa shape index (κ2) is 5.00. The molecule has 2 nitrogen and oxygen atoms in total. The number of ether oxygens (including phenoxy) is 1. The minimum absolute atomic E-state index is 0.236. The molecule has 1 saturated carbocycles. The third-order valence-electron chi connectivity index (χ3n) is 3.13. The first-order valence-corrected chi connectivity index (χ1v) is 6.35. The average Bonchev–Trinajstić information content (AvgIpc) is 2.65. The van der Waals surface area contributed by atoms with E-state index in [1.54, 1.807) is 7.11 Å². The summed E-state index contributed by atoms with van der Waals surface area (Å²) in [7, 11) is 1.65. The zero-order valence-corrected chi connectivity index (χ0v) is 10.9. The Morgan fingerprint density at radius 1 is 1.50 bits per heavy atom. The fourth-order valence-corrected chi connectivity index (χ4v) is 2.81. The van der Waals surface area contributed by atoms with E-state index in [4.69, 9.17) is 4.74 Å². The molecule has 1 aromatic carbocycles. The number of benzene rings is 1. The summed E-state index contributed by atoms with van der Waals surface area (Å²) in [5.74, 6) is 1.49. The van der Waals surface area contributed by atoms with E-state index in [0.29, 0.717) is 5.78 Å². The number of carbonyl (C=O) groups is 1. The Morgan fingerprint density at radius 3 is 2.88 bits per heavy atom. The van der Waals surface area contributed by atoms with Crippen molar-refractivity contribution in [3.8, 4) is 5.75 Å². The Kier molecular flexibility index (Phi) is 3.64. The third kappa shape index (κ3) is 2.46. The van der Waals surface area contributed by atoms with Gasteiger partial charge in [0.05, 0.1) is 11.6 Å². The maximum Gasteiger partial charge on any atom is 0.136 e. The van der Waals surface area contributed by atoms with E-state index < -0.39 is 0 Å². The number of hydrogen-bond donors (Lipinski definition) is 0. The van der Waals surface area contributed by atoms with Crippen molar-refractivity contribution in [1.82, 2.24) is 0 Å². The standard InChI is InChI=1S/C13H15BrO2/c1-16-13-6-5-9(8-11(13)14)7-10-3-2-4-12(10)15/h5-6,8,10H,2-4,7H2,1H3. The molecule has 0 saturated heterocycles. The number of Topliss-reactive ketones (excluding diaryl/α,β-unsaturated/α-hetero) is 1. The van der Waals surface area contributed by atoms with E-state index in [0.717, 1.165) is 35.9 Å². The van der Waals surface area contributed by atoms with E-state index in [1.807, 2.05) is 18.2 Å². The second-order valence-electron chi connectivity index (χ2n) is 4.23. The molecule has 2 rings (SSSR count). The van der Waals surface area contributed by atoms with Crippen LogP contribution in [0.1, 0.15) is 24.8 Å². The lowest BCUT2D eigenvalue weighted by Crippen LogP contribution is -2.09. The van der Waals surface area contributed by atoms with Crippen molar-refractivity contribution in [2.24, 2.45) is 5.92 Å². The number of methoxy groups -OCH3 is 1. The number of ketones is 1. The Labute approximate surface area is 104 Å². The van der Waals surface area contributed by atoms with E-state index in [9.17, 15) is 4.79 Å². The molecular weight excluding hydrogens is 268 g/mol. The van der Waals surface area contributed by atoms with Crippen LogP contribution in [0.15, 0.2) is 22.7 Å². The average molecular weight is 283 g/mol. The molecule has 0 N–H and O–H groups in total. The zero-order valence-electron chi connectivity index (χ0n) is 9.33. The van der Waals surface area contributed by atoms with Crippen molar-refractivity contribution in [2.45, 2.75) is 25.7 Å². The van der Waals surface area contributed by atoms with E-state index in [-0.39, 0.29) is 5.92 Å². The summed E-state index contributed by atoms with van der Waals surface area (Å²) in [4.78, 5) is 11.6. The molecule has 1 aliphatic carbocycles. The van der Waals surface area contributed by atoms with Gasteiger partial charge in [0, 0.05) is 12.3 Å². The minimum Gasteiger partial charge on any atom is -0.496 e. The number of hydrogen-bond acceptors (Lipinski definition) is 2. The highest BCUT2D eigenvalue weighted by molar-refractivity contribution is 9.10. The number of halogens is 1. The lowest BCUT2D eigenvalue weighted by atomic mass is 9.97. The van der Waals surface area contributed by atoms with Crippen LogP contribution in [0.2, 0.25) is 0 Å². The Bertz CT molecular complexity index is 401. The van der Waals surface area contributed by atoms with Gasteiger partial charge in [-0.25, -0.2) is 0 Å². The van der Waals surface area contributed by atoms with Gasteiger partial charge in [0.1, 0.15) is 11.5 Å². The number of rotatable bonds is 3. The first-order valence-electron chi connectivity index (χ1n) is 5.56. The van der Waals surface area contributed by atoms with Gasteiger partial charge in [0.15, 0.2) is 0 Å². The van der Waals surface area contributed by atoms with Crippen LogP contribution in [-0.4, -0.2) is 12.9 Å². The molecule has 86 valence electrons. The third-order valence-corrected chi connectivity index (χ3v) is 3.75. The first kappa shape index (κ1) is 11.6. The molecule has 1 atom stereocenters. The van der Waals surface area contributed by atoms with Crippen molar-refractivity contribution >= 4 is 21.7 Å². The minimum atomic E-state index is 0.236. The Balaban J connectivity index is 2.10. The van der Waals surface area contributed by atoms with Crippen molar-refractivity contribution < 1.29 is 9.53 Å². The molecule has 1 aromatic rings. The van der Waals surface area contributed by atoms with Crippen molar-refractivity contribution in [1.29, 1.82) is 0 Å². The molecule has 0 heterocycles. The quantitative estimate of drug-likeness (QED) is 0.850. The van der Waals surface area contributed by atoms with Gasteiger partial charge in [-0.1, -0.05) is 6.07 Å². The van der Waals surface area contributed by atoms with Crippen LogP contribution in [-0.2, 0) is 11.2 Å². The molecule has 1 unspecified atom stereocenters. The van der Waals surface area contributed by atoms with E-state index in [1.165, 1.54) is 5.56 Å². The van der Waals surface area contributed by atoms with Crippen molar-refractivity contribution in [3.05, 3.63) is 28.2 Å². The van der Waals surface area contributed by atoms with Gasteiger partial charge in [0.25, 0.3) is 0 Å². The van der Waals surface area contributed by atoms with Crippen LogP contribution in [0.5, 0.6) is 5.75 Å². The molecule has 0 bridgehead atoms.